The molecule has 2 nitrogen and oxygen atoms in total. The van der Waals surface area contributed by atoms with Gasteiger partial charge in [-0.2, -0.15) is 0 Å². The van der Waals surface area contributed by atoms with Crippen molar-refractivity contribution in [3.05, 3.63) is 40.7 Å². The molecule has 0 amide bonds. The first-order valence-electron chi connectivity index (χ1n) is 6.71. The summed E-state index contributed by atoms with van der Waals surface area (Å²) in [5.74, 6) is 0.658. The van der Waals surface area contributed by atoms with E-state index in [1.165, 1.54) is 29.7 Å². The van der Waals surface area contributed by atoms with Gasteiger partial charge in [-0.3, -0.25) is 4.99 Å². The molecule has 98 valence electrons. The van der Waals surface area contributed by atoms with Crippen LogP contribution in [0.3, 0.4) is 0 Å². The van der Waals surface area contributed by atoms with Crippen molar-refractivity contribution in [2.24, 2.45) is 10.9 Å². The van der Waals surface area contributed by atoms with Gasteiger partial charge >= 0.3 is 0 Å². The third-order valence-corrected chi connectivity index (χ3v) is 3.37. The van der Waals surface area contributed by atoms with Gasteiger partial charge in [0.2, 0.25) is 0 Å². The van der Waals surface area contributed by atoms with Crippen molar-refractivity contribution in [3.63, 3.8) is 0 Å². The van der Waals surface area contributed by atoms with Crippen LogP contribution in [0, 0.1) is 5.92 Å². The van der Waals surface area contributed by atoms with E-state index >= 15 is 0 Å². The van der Waals surface area contributed by atoms with Crippen molar-refractivity contribution in [3.8, 4) is 0 Å². The summed E-state index contributed by atoms with van der Waals surface area (Å²) in [6, 6.07) is 8.63. The molecule has 4 heteroatoms. The van der Waals surface area contributed by atoms with Crippen LogP contribution >= 0.6 is 0 Å². The van der Waals surface area contributed by atoms with E-state index in [2.05, 4.69) is 29.6 Å². The van der Waals surface area contributed by atoms with Crippen molar-refractivity contribution >= 4 is 5.71 Å². The summed E-state index contributed by atoms with van der Waals surface area (Å²) in [6.45, 7) is 6.93. The van der Waals surface area contributed by atoms with Crippen LogP contribution in [0.15, 0.2) is 29.3 Å². The Morgan fingerprint density at radius 3 is 2.37 bits per heavy atom. The van der Waals surface area contributed by atoms with Gasteiger partial charge in [0.1, 0.15) is 0 Å². The first-order chi connectivity index (χ1) is 8.45. The van der Waals surface area contributed by atoms with Crippen LogP contribution in [0.4, 0.5) is 0 Å². The quantitative estimate of drug-likeness (QED) is 0.678. The second kappa shape index (κ2) is 10.7. The average molecular weight is 407 g/mol. The normalized spacial score (nSPS) is 17.1. The molecule has 2 aliphatic heterocycles. The largest absolute Gasteiger partial charge is 0.662 e. The van der Waals surface area contributed by atoms with E-state index in [1.54, 1.807) is 0 Å². The summed E-state index contributed by atoms with van der Waals surface area (Å²) >= 11 is 0. The van der Waals surface area contributed by atoms with E-state index < -0.39 is 0 Å². The second-order valence-corrected chi connectivity index (χ2v) is 4.30. The summed E-state index contributed by atoms with van der Waals surface area (Å²) < 4.78 is 0. The third kappa shape index (κ3) is 5.07. The number of benzene rings is 1. The standard InChI is InChI=1S/C13H15N2.C2H6.2Y/c1-2-4-12-11(3-1)9-15-13(12)10-5-7-14-8-6-10;1-2;;/h1-4,10H,5-9H2;1-2H3;;/q-1;;;. The van der Waals surface area contributed by atoms with E-state index in [0.717, 1.165) is 19.6 Å². The smallest absolute Gasteiger partial charge is 0.0649 e. The fourth-order valence-electron chi connectivity index (χ4n) is 2.54. The first kappa shape index (κ1) is 20.1. The summed E-state index contributed by atoms with van der Waals surface area (Å²) in [6.07, 6.45) is 2.38. The van der Waals surface area contributed by atoms with E-state index in [4.69, 9.17) is 4.99 Å². The average Bonchev–Trinajstić information content (AvgIpc) is 2.86. The molecule has 1 aromatic rings. The molecule has 2 heterocycles. The van der Waals surface area contributed by atoms with Crippen LogP contribution in [0.2, 0.25) is 0 Å². The third-order valence-electron chi connectivity index (χ3n) is 3.37. The summed E-state index contributed by atoms with van der Waals surface area (Å²) in [7, 11) is 0. The van der Waals surface area contributed by atoms with Gasteiger partial charge in [-0.25, -0.2) is 0 Å². The van der Waals surface area contributed by atoms with Gasteiger partial charge in [0.15, 0.2) is 0 Å². The number of aliphatic imine (C=N–C) groups is 1. The van der Waals surface area contributed by atoms with Crippen LogP contribution in [-0.2, 0) is 72.0 Å². The monoisotopic (exact) mass is 407 g/mol. The summed E-state index contributed by atoms with van der Waals surface area (Å²) in [5.41, 5.74) is 4.14. The maximum absolute atomic E-state index is 4.70. The van der Waals surface area contributed by atoms with Crippen molar-refractivity contribution < 1.29 is 65.4 Å². The molecule has 19 heavy (non-hydrogen) atoms. The number of rotatable bonds is 1. The Labute approximate surface area is 167 Å². The number of hydrogen-bond acceptors (Lipinski definition) is 1. The summed E-state index contributed by atoms with van der Waals surface area (Å²) in [4.78, 5) is 4.70. The molecule has 0 unspecified atom stereocenters. The summed E-state index contributed by atoms with van der Waals surface area (Å²) in [5, 5.41) is 4.40. The number of nitrogens with zero attached hydrogens (tertiary/aromatic N) is 2. The van der Waals surface area contributed by atoms with Crippen molar-refractivity contribution in [1.82, 2.24) is 0 Å². The van der Waals surface area contributed by atoms with E-state index in [9.17, 15) is 0 Å². The minimum atomic E-state index is 0. The minimum Gasteiger partial charge on any atom is -0.662 e. The number of fused-ring (bicyclic) bond motifs is 1. The van der Waals surface area contributed by atoms with Crippen molar-refractivity contribution in [2.45, 2.75) is 33.2 Å². The zero-order valence-electron chi connectivity index (χ0n) is 12.0. The molecule has 0 N–H and O–H groups in total. The Hall–Kier alpha value is 1.06. The van der Waals surface area contributed by atoms with Crippen LogP contribution in [0.5, 0.6) is 0 Å². The molecule has 0 aliphatic carbocycles. The van der Waals surface area contributed by atoms with Gasteiger partial charge in [-0.1, -0.05) is 51.0 Å². The number of piperidine rings is 1. The SMILES string of the molecule is CC.[Y].[Y].c1ccc2c(c1)CN=C2C1CC[N-]CC1. The van der Waals surface area contributed by atoms with Crippen molar-refractivity contribution in [1.29, 1.82) is 0 Å². The predicted octanol–water partition coefficient (Wildman–Crippen LogP) is 3.79. The molecule has 0 aromatic heterocycles. The van der Waals surface area contributed by atoms with E-state index in [1.807, 2.05) is 13.8 Å². The number of hydrogen-bond donors (Lipinski definition) is 0. The first-order valence-corrected chi connectivity index (χ1v) is 6.71. The molecule has 2 radical (unpaired) electrons. The zero-order chi connectivity index (χ0) is 12.1. The maximum Gasteiger partial charge on any atom is 0.0649 e. The van der Waals surface area contributed by atoms with Gasteiger partial charge < -0.3 is 5.32 Å². The fraction of sp³-hybridized carbons (Fsp3) is 0.533. The molecule has 1 fully saturated rings. The maximum atomic E-state index is 4.70. The Kier molecular flexibility index (Phi) is 11.3. The van der Waals surface area contributed by atoms with E-state index in [0.29, 0.717) is 5.92 Å². The van der Waals surface area contributed by atoms with Gasteiger partial charge in [0.05, 0.1) is 6.54 Å². The molecule has 0 saturated carbocycles. The zero-order valence-corrected chi connectivity index (χ0v) is 17.6. The van der Waals surface area contributed by atoms with E-state index in [-0.39, 0.29) is 65.4 Å². The van der Waals surface area contributed by atoms with Crippen LogP contribution in [-0.4, -0.2) is 18.8 Å². The Morgan fingerprint density at radius 2 is 1.68 bits per heavy atom. The molecular formula is C15H21N2Y2-. The molecule has 2 aliphatic rings. The molecule has 0 bridgehead atoms. The Bertz CT molecular complexity index is 399. The fourth-order valence-corrected chi connectivity index (χ4v) is 2.54. The Balaban J connectivity index is 0.000000776. The van der Waals surface area contributed by atoms with Gasteiger partial charge in [-0.05, 0) is 11.5 Å². The molecule has 3 rings (SSSR count). The second-order valence-electron chi connectivity index (χ2n) is 4.30. The predicted molar refractivity (Wildman–Crippen MR) is 73.8 cm³/mol. The van der Waals surface area contributed by atoms with Crippen LogP contribution < -0.4 is 0 Å². The van der Waals surface area contributed by atoms with Gasteiger partial charge in [0, 0.05) is 76.7 Å². The van der Waals surface area contributed by atoms with Crippen molar-refractivity contribution in [2.75, 3.05) is 13.1 Å². The molecule has 0 atom stereocenters. The van der Waals surface area contributed by atoms with Gasteiger partial charge in [-0.15, -0.1) is 13.1 Å². The molecular weight excluding hydrogens is 386 g/mol. The van der Waals surface area contributed by atoms with Crippen LogP contribution in [0.1, 0.15) is 37.8 Å². The Morgan fingerprint density at radius 1 is 1.05 bits per heavy atom. The van der Waals surface area contributed by atoms with Crippen LogP contribution in [0.25, 0.3) is 5.32 Å². The van der Waals surface area contributed by atoms with Gasteiger partial charge in [0.25, 0.3) is 0 Å². The minimum absolute atomic E-state index is 0. The topological polar surface area (TPSA) is 26.5 Å². The molecule has 1 aromatic carbocycles. The molecule has 0 spiro atoms. The molecule has 1 saturated heterocycles.